The third-order valence-corrected chi connectivity index (χ3v) is 3.91. The van der Waals surface area contributed by atoms with Crippen molar-refractivity contribution in [3.05, 3.63) is 77.7 Å². The molecule has 3 aromatic rings. The van der Waals surface area contributed by atoms with Crippen molar-refractivity contribution in [2.24, 2.45) is 5.73 Å². The first-order valence-corrected chi connectivity index (χ1v) is 8.18. The molecule has 0 saturated heterocycles. The number of nitrogens with two attached hydrogens (primary N) is 1. The van der Waals surface area contributed by atoms with Crippen molar-refractivity contribution in [1.82, 2.24) is 10.1 Å². The minimum absolute atomic E-state index is 0.0876. The molecule has 0 bridgehead atoms. The number of aryl methyl sites for hydroxylation is 1. The smallest absolute Gasteiger partial charge is 0.293 e. The SMILES string of the molecule is Cc1cc(C(=O)N(CC(N)=O)Cc2ccc(-c3ccccc3)cc2)on1. The molecule has 0 saturated carbocycles. The molecule has 0 atom stereocenters. The highest BCUT2D eigenvalue weighted by atomic mass is 16.5. The fourth-order valence-electron chi connectivity index (χ4n) is 2.66. The molecule has 0 aliphatic carbocycles. The summed E-state index contributed by atoms with van der Waals surface area (Å²) in [5, 5.41) is 3.71. The van der Waals surface area contributed by atoms with E-state index in [4.69, 9.17) is 10.3 Å². The minimum Gasteiger partial charge on any atom is -0.368 e. The van der Waals surface area contributed by atoms with Crippen LogP contribution in [0.2, 0.25) is 0 Å². The second-order valence-electron chi connectivity index (χ2n) is 6.02. The zero-order valence-corrected chi connectivity index (χ0v) is 14.4. The van der Waals surface area contributed by atoms with Crippen LogP contribution in [0.5, 0.6) is 0 Å². The van der Waals surface area contributed by atoms with Gasteiger partial charge in [-0.25, -0.2) is 0 Å². The summed E-state index contributed by atoms with van der Waals surface area (Å²) in [6.45, 7) is 1.77. The van der Waals surface area contributed by atoms with Crippen LogP contribution < -0.4 is 5.73 Å². The summed E-state index contributed by atoms with van der Waals surface area (Å²) in [7, 11) is 0. The predicted octanol–water partition coefficient (Wildman–Crippen LogP) is 2.78. The summed E-state index contributed by atoms with van der Waals surface area (Å²) < 4.78 is 5.01. The molecule has 3 rings (SSSR count). The molecule has 0 fully saturated rings. The number of amides is 2. The van der Waals surface area contributed by atoms with Gasteiger partial charge in [-0.3, -0.25) is 9.59 Å². The number of carbonyl (C=O) groups is 2. The van der Waals surface area contributed by atoms with Crippen LogP contribution >= 0.6 is 0 Å². The third-order valence-electron chi connectivity index (χ3n) is 3.91. The topological polar surface area (TPSA) is 89.4 Å². The Hall–Kier alpha value is -3.41. The lowest BCUT2D eigenvalue weighted by Crippen LogP contribution is -2.37. The van der Waals surface area contributed by atoms with Gasteiger partial charge in [-0.2, -0.15) is 0 Å². The number of primary amides is 1. The van der Waals surface area contributed by atoms with E-state index in [2.05, 4.69) is 5.16 Å². The monoisotopic (exact) mass is 349 g/mol. The van der Waals surface area contributed by atoms with Gasteiger partial charge in [0.25, 0.3) is 5.91 Å². The number of hydrogen-bond donors (Lipinski definition) is 1. The molecule has 132 valence electrons. The van der Waals surface area contributed by atoms with Gasteiger partial charge in [0, 0.05) is 12.6 Å². The number of aromatic nitrogens is 1. The number of carbonyl (C=O) groups excluding carboxylic acids is 2. The molecule has 1 heterocycles. The van der Waals surface area contributed by atoms with Crippen molar-refractivity contribution in [3.8, 4) is 11.1 Å². The Bertz CT molecular complexity index is 902. The van der Waals surface area contributed by atoms with Gasteiger partial charge in [0.15, 0.2) is 0 Å². The molecule has 6 heteroatoms. The summed E-state index contributed by atoms with van der Waals surface area (Å²) in [5.74, 6) is -0.920. The average Bonchev–Trinajstić information content (AvgIpc) is 3.08. The van der Waals surface area contributed by atoms with Crippen LogP contribution in [0, 0.1) is 6.92 Å². The van der Waals surface area contributed by atoms with Crippen molar-refractivity contribution in [3.63, 3.8) is 0 Å². The Morgan fingerprint density at radius 3 is 2.27 bits per heavy atom. The highest BCUT2D eigenvalue weighted by Gasteiger charge is 2.21. The molecule has 2 amide bonds. The fourth-order valence-corrected chi connectivity index (χ4v) is 2.66. The van der Waals surface area contributed by atoms with Gasteiger partial charge in [-0.05, 0) is 23.6 Å². The van der Waals surface area contributed by atoms with Crippen LogP contribution in [0.25, 0.3) is 11.1 Å². The number of benzene rings is 2. The molecule has 0 aliphatic heterocycles. The number of rotatable bonds is 6. The molecule has 2 N–H and O–H groups in total. The Morgan fingerprint density at radius 1 is 1.04 bits per heavy atom. The Labute approximate surface area is 151 Å². The largest absolute Gasteiger partial charge is 0.368 e. The maximum atomic E-state index is 12.6. The van der Waals surface area contributed by atoms with Gasteiger partial charge in [-0.1, -0.05) is 59.8 Å². The van der Waals surface area contributed by atoms with E-state index >= 15 is 0 Å². The van der Waals surface area contributed by atoms with Crippen LogP contribution in [-0.4, -0.2) is 28.4 Å². The van der Waals surface area contributed by atoms with Crippen LogP contribution in [-0.2, 0) is 11.3 Å². The zero-order chi connectivity index (χ0) is 18.5. The summed E-state index contributed by atoms with van der Waals surface area (Å²) >= 11 is 0. The van der Waals surface area contributed by atoms with Crippen molar-refractivity contribution in [2.75, 3.05) is 6.54 Å². The molecule has 2 aromatic carbocycles. The molecule has 1 aromatic heterocycles. The maximum absolute atomic E-state index is 12.6. The van der Waals surface area contributed by atoms with Crippen LogP contribution in [0.4, 0.5) is 0 Å². The van der Waals surface area contributed by atoms with Crippen LogP contribution in [0.1, 0.15) is 21.8 Å². The number of hydrogen-bond acceptors (Lipinski definition) is 4. The summed E-state index contributed by atoms with van der Waals surface area (Å²) in [4.78, 5) is 25.3. The fraction of sp³-hybridized carbons (Fsp3) is 0.150. The molecular formula is C20H19N3O3. The normalized spacial score (nSPS) is 10.5. The predicted molar refractivity (Wildman–Crippen MR) is 97.1 cm³/mol. The lowest BCUT2D eigenvalue weighted by Gasteiger charge is -2.20. The standard InChI is InChI=1S/C20H19N3O3/c1-14-11-18(26-22-14)20(25)23(13-19(21)24)12-15-7-9-17(10-8-15)16-5-3-2-4-6-16/h2-11H,12-13H2,1H3,(H2,21,24). The van der Waals surface area contributed by atoms with Gasteiger partial charge in [-0.15, -0.1) is 0 Å². The van der Waals surface area contributed by atoms with Crippen molar-refractivity contribution in [1.29, 1.82) is 0 Å². The second kappa shape index (κ2) is 7.65. The lowest BCUT2D eigenvalue weighted by molar-refractivity contribution is -0.118. The molecule has 0 unspecified atom stereocenters. The molecule has 0 spiro atoms. The first kappa shape index (κ1) is 17.4. The van der Waals surface area contributed by atoms with Gasteiger partial charge < -0.3 is 15.2 Å². The van der Waals surface area contributed by atoms with E-state index in [1.807, 2.05) is 54.6 Å². The van der Waals surface area contributed by atoms with E-state index in [0.717, 1.165) is 16.7 Å². The van der Waals surface area contributed by atoms with Gasteiger partial charge in [0.05, 0.1) is 5.69 Å². The summed E-state index contributed by atoms with van der Waals surface area (Å²) in [6, 6.07) is 19.3. The van der Waals surface area contributed by atoms with E-state index in [1.54, 1.807) is 6.92 Å². The highest BCUT2D eigenvalue weighted by molar-refractivity contribution is 5.94. The average molecular weight is 349 g/mol. The van der Waals surface area contributed by atoms with Crippen LogP contribution in [0.15, 0.2) is 65.2 Å². The van der Waals surface area contributed by atoms with Crippen molar-refractivity contribution in [2.45, 2.75) is 13.5 Å². The zero-order valence-electron chi connectivity index (χ0n) is 14.4. The Kier molecular flexibility index (Phi) is 5.12. The van der Waals surface area contributed by atoms with E-state index < -0.39 is 11.8 Å². The third kappa shape index (κ3) is 4.16. The Balaban J connectivity index is 1.78. The second-order valence-corrected chi connectivity index (χ2v) is 6.02. The van der Waals surface area contributed by atoms with E-state index in [-0.39, 0.29) is 18.8 Å². The van der Waals surface area contributed by atoms with E-state index in [9.17, 15) is 9.59 Å². The number of nitrogens with zero attached hydrogens (tertiary/aromatic N) is 2. The van der Waals surface area contributed by atoms with Gasteiger partial charge in [0.2, 0.25) is 11.7 Å². The maximum Gasteiger partial charge on any atom is 0.293 e. The van der Waals surface area contributed by atoms with E-state index in [1.165, 1.54) is 11.0 Å². The molecule has 0 radical (unpaired) electrons. The Morgan fingerprint density at radius 2 is 1.69 bits per heavy atom. The quantitative estimate of drug-likeness (QED) is 0.741. The first-order valence-electron chi connectivity index (χ1n) is 8.18. The summed E-state index contributed by atoms with van der Waals surface area (Å²) in [6.07, 6.45) is 0. The van der Waals surface area contributed by atoms with Crippen molar-refractivity contribution >= 4 is 11.8 Å². The molecule has 26 heavy (non-hydrogen) atoms. The molecule has 0 aliphatic rings. The minimum atomic E-state index is -0.588. The first-order chi connectivity index (χ1) is 12.5. The summed E-state index contributed by atoms with van der Waals surface area (Å²) in [5.41, 5.74) is 8.96. The van der Waals surface area contributed by atoms with Crippen LogP contribution in [0.3, 0.4) is 0 Å². The molecular weight excluding hydrogens is 330 g/mol. The highest BCUT2D eigenvalue weighted by Crippen LogP contribution is 2.20. The molecule has 6 nitrogen and oxygen atoms in total. The lowest BCUT2D eigenvalue weighted by atomic mass is 10.0. The van der Waals surface area contributed by atoms with Crippen molar-refractivity contribution < 1.29 is 14.1 Å². The van der Waals surface area contributed by atoms with Gasteiger partial charge >= 0.3 is 0 Å². The van der Waals surface area contributed by atoms with E-state index in [0.29, 0.717) is 5.69 Å². The van der Waals surface area contributed by atoms with Gasteiger partial charge in [0.1, 0.15) is 6.54 Å².